The maximum atomic E-state index is 13.8. The highest BCUT2D eigenvalue weighted by Gasteiger charge is 2.48. The second kappa shape index (κ2) is 8.99. The molecule has 0 radical (unpaired) electrons. The molecule has 2 N–H and O–H groups in total. The van der Waals surface area contributed by atoms with Gasteiger partial charge in [0.1, 0.15) is 17.3 Å². The largest absolute Gasteiger partial charge is 0.508 e. The summed E-state index contributed by atoms with van der Waals surface area (Å²) in [7, 11) is 1.48. The van der Waals surface area contributed by atoms with Gasteiger partial charge >= 0.3 is 5.91 Å². The summed E-state index contributed by atoms with van der Waals surface area (Å²) < 4.78 is 33.6. The van der Waals surface area contributed by atoms with Gasteiger partial charge in [-0.2, -0.15) is 0 Å². The number of phenols is 1. The fourth-order valence-corrected chi connectivity index (χ4v) is 5.53. The van der Waals surface area contributed by atoms with E-state index in [1.165, 1.54) is 37.4 Å². The lowest BCUT2D eigenvalue weighted by molar-refractivity contribution is -0.132. The van der Waals surface area contributed by atoms with Crippen molar-refractivity contribution in [3.63, 3.8) is 0 Å². The number of Topliss-reactive ketones (excluding diaryl/α,β-unsaturated/α-hetero) is 1. The molecule has 2 heterocycles. The van der Waals surface area contributed by atoms with Gasteiger partial charge in [0.05, 0.1) is 33.4 Å². The maximum Gasteiger partial charge on any atom is 0.301 e. The summed E-state index contributed by atoms with van der Waals surface area (Å²) in [6, 6.07) is 11.2. The summed E-state index contributed by atoms with van der Waals surface area (Å²) in [5, 5.41) is 21.0. The average molecular weight is 573 g/mol. The quantitative estimate of drug-likeness (QED) is 0.185. The number of ether oxygens (including phenoxy) is 1. The minimum Gasteiger partial charge on any atom is -0.508 e. The number of amides is 1. The topological polar surface area (TPSA) is 100.0 Å². The van der Waals surface area contributed by atoms with Crippen molar-refractivity contribution in [2.75, 3.05) is 12.0 Å². The number of methoxy groups -OCH3 is 1. The summed E-state index contributed by atoms with van der Waals surface area (Å²) in [6.45, 7) is 0. The van der Waals surface area contributed by atoms with Crippen LogP contribution in [0.1, 0.15) is 17.2 Å². The number of anilines is 1. The Morgan fingerprint density at radius 2 is 1.78 bits per heavy atom. The molecule has 182 valence electrons. The molecular formula is C25H15BrF2N2O5S. The lowest BCUT2D eigenvalue weighted by atomic mass is 9.95. The molecule has 0 saturated carbocycles. The average Bonchev–Trinajstić information content (AvgIpc) is 3.37. The number of aromatic nitrogens is 1. The van der Waals surface area contributed by atoms with Crippen LogP contribution in [0, 0.1) is 11.6 Å². The Hall–Kier alpha value is -3.83. The highest BCUT2D eigenvalue weighted by atomic mass is 79.9. The number of phenolic OH excluding ortho intramolecular Hbond substituents is 1. The first-order chi connectivity index (χ1) is 17.2. The molecule has 5 rings (SSSR count). The monoisotopic (exact) mass is 572 g/mol. The van der Waals surface area contributed by atoms with Crippen LogP contribution in [-0.4, -0.2) is 34.0 Å². The summed E-state index contributed by atoms with van der Waals surface area (Å²) in [5.74, 6) is -4.08. The number of carbonyl (C=O) groups is 2. The third-order valence-electron chi connectivity index (χ3n) is 5.70. The molecule has 4 aromatic rings. The van der Waals surface area contributed by atoms with Crippen molar-refractivity contribution >= 4 is 60.1 Å². The first kappa shape index (κ1) is 23.9. The molecule has 1 amide bonds. The Morgan fingerprint density at radius 3 is 2.44 bits per heavy atom. The second-order valence-corrected chi connectivity index (χ2v) is 9.70. The van der Waals surface area contributed by atoms with Crippen molar-refractivity contribution in [2.45, 2.75) is 6.04 Å². The number of aliphatic hydroxyl groups is 1. The number of nitrogens with zero attached hydrogens (tertiary/aromatic N) is 2. The molecule has 0 aliphatic carbocycles. The van der Waals surface area contributed by atoms with Crippen LogP contribution in [0.4, 0.5) is 13.9 Å². The van der Waals surface area contributed by atoms with Crippen LogP contribution in [0.2, 0.25) is 0 Å². The van der Waals surface area contributed by atoms with Crippen LogP contribution in [0.15, 0.2) is 64.6 Å². The number of thiazole rings is 1. The fraction of sp³-hybridized carbons (Fsp3) is 0.0800. The van der Waals surface area contributed by atoms with Gasteiger partial charge in [-0.3, -0.25) is 14.5 Å². The molecule has 1 aliphatic rings. The second-order valence-electron chi connectivity index (χ2n) is 7.84. The zero-order chi connectivity index (χ0) is 25.7. The molecule has 7 nitrogen and oxygen atoms in total. The summed E-state index contributed by atoms with van der Waals surface area (Å²) >= 11 is 4.24. The SMILES string of the molecule is COc1ccc(/C(O)=C2\C(=O)C(=O)N(c3nc4cc(F)c(F)cc4s3)C2c2ccc(O)cc2)cc1Br. The van der Waals surface area contributed by atoms with Gasteiger partial charge in [-0.05, 0) is 57.9 Å². The van der Waals surface area contributed by atoms with Crippen molar-refractivity contribution in [3.8, 4) is 11.5 Å². The van der Waals surface area contributed by atoms with Gasteiger partial charge in [-0.25, -0.2) is 13.8 Å². The van der Waals surface area contributed by atoms with Crippen molar-refractivity contribution < 1.29 is 33.3 Å². The minimum atomic E-state index is -1.12. The number of aromatic hydroxyl groups is 1. The predicted octanol–water partition coefficient (Wildman–Crippen LogP) is 5.68. The van der Waals surface area contributed by atoms with E-state index in [1.54, 1.807) is 12.1 Å². The molecule has 1 unspecified atom stereocenters. The van der Waals surface area contributed by atoms with Gasteiger partial charge in [-0.1, -0.05) is 23.5 Å². The Labute approximate surface area is 215 Å². The van der Waals surface area contributed by atoms with Crippen LogP contribution in [-0.2, 0) is 9.59 Å². The molecule has 11 heteroatoms. The Bertz CT molecular complexity index is 1550. The number of carbonyl (C=O) groups excluding carboxylic acids is 2. The molecule has 36 heavy (non-hydrogen) atoms. The number of hydrogen-bond donors (Lipinski definition) is 2. The lowest BCUT2D eigenvalue weighted by Gasteiger charge is -2.23. The third-order valence-corrected chi connectivity index (χ3v) is 7.34. The van der Waals surface area contributed by atoms with E-state index >= 15 is 0 Å². The van der Waals surface area contributed by atoms with E-state index < -0.39 is 35.1 Å². The van der Waals surface area contributed by atoms with Crippen molar-refractivity contribution in [1.82, 2.24) is 4.98 Å². The Kier molecular flexibility index (Phi) is 5.97. The van der Waals surface area contributed by atoms with Gasteiger partial charge in [0.2, 0.25) is 0 Å². The number of fused-ring (bicyclic) bond motifs is 1. The standard InChI is InChI=1S/C25H15BrF2N2O5S/c1-35-18-7-4-12(8-14(18)26)22(32)20-21(11-2-5-13(31)6-3-11)30(24(34)23(20)33)25-29-17-9-15(27)16(28)10-19(17)36-25/h2-10,21,31-32H,1H3/b22-20+. The van der Waals surface area contributed by atoms with Crippen LogP contribution >= 0.6 is 27.3 Å². The van der Waals surface area contributed by atoms with Crippen LogP contribution < -0.4 is 9.64 Å². The van der Waals surface area contributed by atoms with Crippen LogP contribution in [0.5, 0.6) is 11.5 Å². The van der Waals surface area contributed by atoms with E-state index in [-0.39, 0.29) is 32.2 Å². The predicted molar refractivity (Wildman–Crippen MR) is 133 cm³/mol. The van der Waals surface area contributed by atoms with Gasteiger partial charge in [0, 0.05) is 11.6 Å². The number of halogens is 3. The molecule has 1 aliphatic heterocycles. The highest BCUT2D eigenvalue weighted by Crippen LogP contribution is 2.45. The molecule has 3 aromatic carbocycles. The molecular weight excluding hydrogens is 558 g/mol. The number of rotatable bonds is 4. The molecule has 1 fully saturated rings. The Morgan fingerprint density at radius 1 is 1.08 bits per heavy atom. The number of ketones is 1. The zero-order valence-corrected chi connectivity index (χ0v) is 20.7. The first-order valence-corrected chi connectivity index (χ1v) is 12.0. The smallest absolute Gasteiger partial charge is 0.301 e. The van der Waals surface area contributed by atoms with Crippen molar-refractivity contribution in [1.29, 1.82) is 0 Å². The Balaban J connectivity index is 1.72. The molecule has 1 atom stereocenters. The molecule has 1 saturated heterocycles. The van der Waals surface area contributed by atoms with Gasteiger partial charge in [0.15, 0.2) is 16.8 Å². The van der Waals surface area contributed by atoms with E-state index in [0.29, 0.717) is 15.8 Å². The fourth-order valence-electron chi connectivity index (χ4n) is 3.99. The van der Waals surface area contributed by atoms with E-state index in [4.69, 9.17) is 4.74 Å². The minimum absolute atomic E-state index is 0.0186. The van der Waals surface area contributed by atoms with E-state index in [1.807, 2.05) is 0 Å². The molecule has 0 bridgehead atoms. The zero-order valence-electron chi connectivity index (χ0n) is 18.3. The van der Waals surface area contributed by atoms with E-state index in [0.717, 1.165) is 28.4 Å². The van der Waals surface area contributed by atoms with Gasteiger partial charge in [-0.15, -0.1) is 0 Å². The summed E-state index contributed by atoms with van der Waals surface area (Å²) in [5.41, 5.74) is 0.550. The highest BCUT2D eigenvalue weighted by molar-refractivity contribution is 9.10. The molecule has 1 aromatic heterocycles. The van der Waals surface area contributed by atoms with Gasteiger partial charge in [0.25, 0.3) is 5.78 Å². The van der Waals surface area contributed by atoms with E-state index in [2.05, 4.69) is 20.9 Å². The first-order valence-electron chi connectivity index (χ1n) is 10.4. The number of hydrogen-bond acceptors (Lipinski definition) is 7. The third kappa shape index (κ3) is 3.90. The summed E-state index contributed by atoms with van der Waals surface area (Å²) in [6.07, 6.45) is 0. The van der Waals surface area contributed by atoms with Crippen LogP contribution in [0.25, 0.3) is 16.0 Å². The molecule has 0 spiro atoms. The summed E-state index contributed by atoms with van der Waals surface area (Å²) in [4.78, 5) is 31.8. The van der Waals surface area contributed by atoms with Crippen molar-refractivity contribution in [2.24, 2.45) is 0 Å². The van der Waals surface area contributed by atoms with Gasteiger partial charge < -0.3 is 14.9 Å². The number of aliphatic hydroxyl groups excluding tert-OH is 1. The normalized spacial score (nSPS) is 17.2. The van der Waals surface area contributed by atoms with Crippen molar-refractivity contribution in [3.05, 3.63) is 87.4 Å². The van der Waals surface area contributed by atoms with E-state index in [9.17, 15) is 28.6 Å². The maximum absolute atomic E-state index is 13.8. The lowest BCUT2D eigenvalue weighted by Crippen LogP contribution is -2.29. The van der Waals surface area contributed by atoms with Crippen LogP contribution in [0.3, 0.4) is 0 Å². The number of benzene rings is 3.